The van der Waals surface area contributed by atoms with E-state index in [4.69, 9.17) is 16.3 Å². The van der Waals surface area contributed by atoms with E-state index in [9.17, 15) is 4.79 Å². The summed E-state index contributed by atoms with van der Waals surface area (Å²) in [5.41, 5.74) is 3.35. The van der Waals surface area contributed by atoms with Gasteiger partial charge in [-0.15, -0.1) is 0 Å². The molecule has 140 valence electrons. The first kappa shape index (κ1) is 20.3. The minimum absolute atomic E-state index is 0.0969. The van der Waals surface area contributed by atoms with Crippen LogP contribution in [0.15, 0.2) is 42.5 Å². The first-order chi connectivity index (χ1) is 12.4. The van der Waals surface area contributed by atoms with Crippen LogP contribution < -0.4 is 10.1 Å². The molecule has 0 aliphatic heterocycles. The number of nitrogens with one attached hydrogen (secondary N) is 1. The van der Waals surface area contributed by atoms with Crippen LogP contribution in [0.4, 0.5) is 0 Å². The molecule has 0 fully saturated rings. The first-order valence-electron chi connectivity index (χ1n) is 9.16. The van der Waals surface area contributed by atoms with Gasteiger partial charge in [-0.3, -0.25) is 4.79 Å². The third kappa shape index (κ3) is 5.77. The molecular formula is C22H28ClNO2. The molecule has 0 radical (unpaired) electrons. The van der Waals surface area contributed by atoms with Gasteiger partial charge in [-0.2, -0.15) is 0 Å². The van der Waals surface area contributed by atoms with Crippen molar-refractivity contribution in [2.75, 3.05) is 6.54 Å². The van der Waals surface area contributed by atoms with E-state index in [1.807, 2.05) is 37.3 Å². The van der Waals surface area contributed by atoms with Crippen molar-refractivity contribution < 1.29 is 9.53 Å². The van der Waals surface area contributed by atoms with Gasteiger partial charge in [0.2, 0.25) is 0 Å². The van der Waals surface area contributed by atoms with Gasteiger partial charge in [-0.25, -0.2) is 0 Å². The maximum absolute atomic E-state index is 12.3. The third-order valence-electron chi connectivity index (χ3n) is 4.34. The summed E-state index contributed by atoms with van der Waals surface area (Å²) in [7, 11) is 0. The molecule has 3 nitrogen and oxygen atoms in total. The van der Waals surface area contributed by atoms with E-state index in [1.54, 1.807) is 6.92 Å². The Kier molecular flexibility index (Phi) is 7.52. The van der Waals surface area contributed by atoms with Crippen molar-refractivity contribution >= 4 is 17.5 Å². The summed E-state index contributed by atoms with van der Waals surface area (Å²) in [4.78, 5) is 12.3. The monoisotopic (exact) mass is 373 g/mol. The zero-order valence-corrected chi connectivity index (χ0v) is 16.8. The van der Waals surface area contributed by atoms with Crippen LogP contribution in [-0.4, -0.2) is 18.6 Å². The molecule has 0 saturated carbocycles. The summed E-state index contributed by atoms with van der Waals surface area (Å²) >= 11 is 6.15. The fourth-order valence-electron chi connectivity index (χ4n) is 2.80. The number of carbonyl (C=O) groups excluding carboxylic acids is 1. The highest BCUT2D eigenvalue weighted by atomic mass is 35.5. The van der Waals surface area contributed by atoms with Crippen molar-refractivity contribution in [3.63, 3.8) is 0 Å². The third-order valence-corrected chi connectivity index (χ3v) is 4.71. The average Bonchev–Trinajstić information content (AvgIpc) is 2.59. The molecule has 0 spiro atoms. The standard InChI is InChI=1S/C22H28ClNO2/c1-15(2)19-12-11-16(3)14-21(19)26-17(4)22(25)24-13-7-9-18-8-5-6-10-20(18)23/h5-6,8,10-12,14-15,17H,7,9,13H2,1-4H3,(H,24,25). The quantitative estimate of drug-likeness (QED) is 0.638. The SMILES string of the molecule is Cc1ccc(C(C)C)c(OC(C)C(=O)NCCCc2ccccc2Cl)c1. The Morgan fingerprint density at radius 3 is 2.58 bits per heavy atom. The number of amides is 1. The number of ether oxygens (including phenoxy) is 1. The second-order valence-electron chi connectivity index (χ2n) is 6.94. The van der Waals surface area contributed by atoms with E-state index in [2.05, 4.69) is 31.3 Å². The van der Waals surface area contributed by atoms with E-state index < -0.39 is 6.10 Å². The highest BCUT2D eigenvalue weighted by molar-refractivity contribution is 6.31. The molecule has 0 aromatic heterocycles. The Morgan fingerprint density at radius 1 is 1.15 bits per heavy atom. The smallest absolute Gasteiger partial charge is 0.260 e. The van der Waals surface area contributed by atoms with Crippen molar-refractivity contribution in [3.8, 4) is 5.75 Å². The highest BCUT2D eigenvalue weighted by Gasteiger charge is 2.17. The van der Waals surface area contributed by atoms with Gasteiger partial charge in [-0.05, 0) is 61.4 Å². The van der Waals surface area contributed by atoms with Crippen molar-refractivity contribution in [3.05, 3.63) is 64.2 Å². The Hall–Kier alpha value is -2.00. The first-order valence-corrected chi connectivity index (χ1v) is 9.54. The number of rotatable bonds is 8. The molecule has 2 rings (SSSR count). The predicted molar refractivity (Wildman–Crippen MR) is 108 cm³/mol. The molecule has 0 bridgehead atoms. The van der Waals surface area contributed by atoms with Gasteiger partial charge in [0.15, 0.2) is 6.10 Å². The van der Waals surface area contributed by atoms with Crippen LogP contribution in [0.2, 0.25) is 5.02 Å². The molecule has 4 heteroatoms. The molecule has 26 heavy (non-hydrogen) atoms. The molecule has 1 unspecified atom stereocenters. The predicted octanol–water partition coefficient (Wildman–Crippen LogP) is 5.29. The molecule has 2 aromatic carbocycles. The molecule has 0 heterocycles. The van der Waals surface area contributed by atoms with Gasteiger partial charge in [0.05, 0.1) is 0 Å². The van der Waals surface area contributed by atoms with E-state index in [1.165, 1.54) is 0 Å². The lowest BCUT2D eigenvalue weighted by Crippen LogP contribution is -2.37. The lowest BCUT2D eigenvalue weighted by Gasteiger charge is -2.19. The largest absolute Gasteiger partial charge is 0.481 e. The fraction of sp³-hybridized carbons (Fsp3) is 0.409. The normalized spacial score (nSPS) is 12.1. The number of hydrogen-bond donors (Lipinski definition) is 1. The van der Waals surface area contributed by atoms with E-state index in [-0.39, 0.29) is 5.91 Å². The van der Waals surface area contributed by atoms with Crippen LogP contribution in [0, 0.1) is 6.92 Å². The minimum Gasteiger partial charge on any atom is -0.481 e. The van der Waals surface area contributed by atoms with Crippen molar-refractivity contribution in [2.45, 2.75) is 52.6 Å². The second kappa shape index (κ2) is 9.63. The summed E-state index contributed by atoms with van der Waals surface area (Å²) in [6, 6.07) is 13.9. The van der Waals surface area contributed by atoms with Gasteiger partial charge in [0, 0.05) is 11.6 Å². The van der Waals surface area contributed by atoms with Crippen molar-refractivity contribution in [2.24, 2.45) is 0 Å². The Balaban J connectivity index is 1.84. The van der Waals surface area contributed by atoms with E-state index >= 15 is 0 Å². The lowest BCUT2D eigenvalue weighted by atomic mass is 10.0. The van der Waals surface area contributed by atoms with Crippen LogP contribution in [0.3, 0.4) is 0 Å². The maximum Gasteiger partial charge on any atom is 0.260 e. The van der Waals surface area contributed by atoms with Crippen LogP contribution in [0.5, 0.6) is 5.75 Å². The Labute approximate surface area is 161 Å². The van der Waals surface area contributed by atoms with Gasteiger partial charge < -0.3 is 10.1 Å². The van der Waals surface area contributed by atoms with Crippen LogP contribution >= 0.6 is 11.6 Å². The molecule has 1 amide bonds. The molecular weight excluding hydrogens is 346 g/mol. The molecule has 0 aliphatic rings. The number of carbonyl (C=O) groups is 1. The minimum atomic E-state index is -0.533. The summed E-state index contributed by atoms with van der Waals surface area (Å²) in [6.45, 7) is 8.66. The molecule has 2 aromatic rings. The zero-order chi connectivity index (χ0) is 19.1. The summed E-state index contributed by atoms with van der Waals surface area (Å²) in [5, 5.41) is 3.72. The van der Waals surface area contributed by atoms with Gasteiger partial charge in [0.25, 0.3) is 5.91 Å². The zero-order valence-electron chi connectivity index (χ0n) is 16.0. The second-order valence-corrected chi connectivity index (χ2v) is 7.35. The van der Waals surface area contributed by atoms with Gasteiger partial charge in [0.1, 0.15) is 5.75 Å². The molecule has 1 N–H and O–H groups in total. The Morgan fingerprint density at radius 2 is 1.88 bits per heavy atom. The van der Waals surface area contributed by atoms with E-state index in [0.29, 0.717) is 12.5 Å². The number of aryl methyl sites for hydroxylation is 2. The molecule has 0 aliphatic carbocycles. The summed E-state index contributed by atoms with van der Waals surface area (Å²) in [5.74, 6) is 1.04. The van der Waals surface area contributed by atoms with Gasteiger partial charge >= 0.3 is 0 Å². The topological polar surface area (TPSA) is 38.3 Å². The van der Waals surface area contributed by atoms with Crippen LogP contribution in [-0.2, 0) is 11.2 Å². The summed E-state index contributed by atoms with van der Waals surface area (Å²) in [6.07, 6.45) is 1.14. The van der Waals surface area contributed by atoms with E-state index in [0.717, 1.165) is 40.3 Å². The fourth-order valence-corrected chi connectivity index (χ4v) is 3.03. The average molecular weight is 374 g/mol. The van der Waals surface area contributed by atoms with Crippen LogP contribution in [0.25, 0.3) is 0 Å². The Bertz CT molecular complexity index is 743. The highest BCUT2D eigenvalue weighted by Crippen LogP contribution is 2.28. The maximum atomic E-state index is 12.3. The van der Waals surface area contributed by atoms with Gasteiger partial charge in [-0.1, -0.05) is 55.8 Å². The molecule has 1 atom stereocenters. The molecule has 0 saturated heterocycles. The lowest BCUT2D eigenvalue weighted by molar-refractivity contribution is -0.127. The van der Waals surface area contributed by atoms with Crippen molar-refractivity contribution in [1.29, 1.82) is 0 Å². The number of hydrogen-bond acceptors (Lipinski definition) is 2. The van der Waals surface area contributed by atoms with Crippen molar-refractivity contribution in [1.82, 2.24) is 5.32 Å². The van der Waals surface area contributed by atoms with Crippen LogP contribution in [0.1, 0.15) is 49.8 Å². The summed E-state index contributed by atoms with van der Waals surface area (Å²) < 4.78 is 5.95. The number of halogens is 1. The number of benzene rings is 2.